The largest absolute Gasteiger partial charge is 0.394 e. The molecule has 0 saturated carbocycles. The van der Waals surface area contributed by atoms with Gasteiger partial charge >= 0.3 is 20.8 Å². The molecule has 1 aliphatic rings. The quantitative estimate of drug-likeness (QED) is 0.338. The van der Waals surface area contributed by atoms with E-state index in [0.717, 1.165) is 25.9 Å². The molecule has 0 radical (unpaired) electrons. The zero-order chi connectivity index (χ0) is 18.8. The third-order valence-electron chi connectivity index (χ3n) is 2.63. The average Bonchev–Trinajstić information content (AvgIpc) is 2.45. The molecule has 1 aromatic heterocycles. The fourth-order valence-electron chi connectivity index (χ4n) is 1.80. The molecule has 5 N–H and O–H groups in total. The summed E-state index contributed by atoms with van der Waals surface area (Å²) in [5.41, 5.74) is 0.611. The zero-order valence-electron chi connectivity index (χ0n) is 12.3. The van der Waals surface area contributed by atoms with Crippen LogP contribution in [0.5, 0.6) is 0 Å². The summed E-state index contributed by atoms with van der Waals surface area (Å²) in [6, 6.07) is 5.49. The van der Waals surface area contributed by atoms with Crippen molar-refractivity contribution in [2.24, 2.45) is 5.92 Å². The van der Waals surface area contributed by atoms with Crippen molar-refractivity contribution in [3.05, 3.63) is 30.1 Å². The third-order valence-corrected chi connectivity index (χ3v) is 2.63. The normalized spacial score (nSPS) is 15.3. The fraction of sp³-hybridized carbons (Fsp3) is 0.455. The lowest BCUT2D eigenvalue weighted by atomic mass is 9.92. The standard InChI is InChI=1S/C11H14N2O.2H2O4S/c14-11(9-4-7-12-8-5-9)10-3-1-2-6-13-10;2*1-5(2,3)4/h1-3,6,9,12H,4-5,7-8H2;2*(H2,1,2,3,4). The minimum atomic E-state index is -4.67. The predicted molar refractivity (Wildman–Crippen MR) is 82.5 cm³/mol. The second-order valence-corrected chi connectivity index (χ2v) is 6.29. The zero-order valence-corrected chi connectivity index (χ0v) is 13.9. The molecule has 2 heterocycles. The summed E-state index contributed by atoms with van der Waals surface area (Å²) in [6.45, 7) is 1.90. The number of carbonyl (C=O) groups excluding carboxylic acids is 1. The van der Waals surface area contributed by atoms with Gasteiger partial charge in [0.15, 0.2) is 5.78 Å². The van der Waals surface area contributed by atoms with Crippen molar-refractivity contribution in [3.8, 4) is 0 Å². The Morgan fingerprint density at radius 3 is 1.83 bits per heavy atom. The van der Waals surface area contributed by atoms with E-state index in [2.05, 4.69) is 10.3 Å². The van der Waals surface area contributed by atoms with E-state index in [9.17, 15) is 4.79 Å². The summed E-state index contributed by atoms with van der Waals surface area (Å²) in [6.07, 6.45) is 3.55. The molecule has 11 nitrogen and oxygen atoms in total. The Hall–Kier alpha value is -1.48. The predicted octanol–water partition coefficient (Wildman–Crippen LogP) is -0.0417. The van der Waals surface area contributed by atoms with E-state index < -0.39 is 20.8 Å². The number of piperidine rings is 1. The molecule has 0 bridgehead atoms. The van der Waals surface area contributed by atoms with Gasteiger partial charge in [-0.3, -0.25) is 28.0 Å². The molecule has 1 aromatic rings. The Morgan fingerprint density at radius 1 is 1.00 bits per heavy atom. The number of hydrogen-bond acceptors (Lipinski definition) is 7. The topological polar surface area (TPSA) is 191 Å². The van der Waals surface area contributed by atoms with Crippen molar-refractivity contribution >= 4 is 26.6 Å². The van der Waals surface area contributed by atoms with Gasteiger partial charge < -0.3 is 5.32 Å². The molecule has 24 heavy (non-hydrogen) atoms. The number of hydrogen-bond donors (Lipinski definition) is 5. The van der Waals surface area contributed by atoms with Gasteiger partial charge in [-0.1, -0.05) is 6.07 Å². The fourth-order valence-corrected chi connectivity index (χ4v) is 1.80. The number of carbonyl (C=O) groups is 1. The van der Waals surface area contributed by atoms with Crippen LogP contribution in [0, 0.1) is 5.92 Å². The molecule has 0 spiro atoms. The monoisotopic (exact) mass is 386 g/mol. The first-order valence-electron chi connectivity index (χ1n) is 6.43. The van der Waals surface area contributed by atoms with Gasteiger partial charge in [-0.05, 0) is 38.1 Å². The summed E-state index contributed by atoms with van der Waals surface area (Å²) in [5.74, 6) is 0.373. The number of aromatic nitrogens is 1. The van der Waals surface area contributed by atoms with Gasteiger partial charge in [-0.25, -0.2) is 0 Å². The van der Waals surface area contributed by atoms with Crippen LogP contribution in [0.1, 0.15) is 23.3 Å². The SMILES string of the molecule is O=C(c1ccccn1)C1CCNCC1.O=S(=O)(O)O.O=S(=O)(O)O. The van der Waals surface area contributed by atoms with Crippen molar-refractivity contribution in [2.75, 3.05) is 13.1 Å². The number of Topliss-reactive ketones (excluding diaryl/α,β-unsaturated/α-hetero) is 1. The molecule has 0 unspecified atom stereocenters. The van der Waals surface area contributed by atoms with Gasteiger partial charge in [0.2, 0.25) is 0 Å². The first kappa shape index (κ1) is 22.5. The maximum atomic E-state index is 11.9. The van der Waals surface area contributed by atoms with E-state index >= 15 is 0 Å². The number of nitrogens with one attached hydrogen (secondary N) is 1. The average molecular weight is 386 g/mol. The Balaban J connectivity index is 0.000000442. The summed E-state index contributed by atoms with van der Waals surface area (Å²) < 4.78 is 63.2. The molecule has 0 atom stereocenters. The van der Waals surface area contributed by atoms with Crippen LogP contribution in [0.3, 0.4) is 0 Å². The molecule has 138 valence electrons. The molecular formula is C11H18N2O9S2. The van der Waals surface area contributed by atoms with Gasteiger partial charge in [0, 0.05) is 12.1 Å². The van der Waals surface area contributed by atoms with Gasteiger partial charge in [0.05, 0.1) is 0 Å². The first-order valence-corrected chi connectivity index (χ1v) is 9.23. The first-order chi connectivity index (χ1) is 10.9. The minimum Gasteiger partial charge on any atom is -0.317 e. The molecule has 1 fully saturated rings. The molecule has 0 aliphatic carbocycles. The summed E-state index contributed by atoms with van der Waals surface area (Å²) in [4.78, 5) is 16.0. The lowest BCUT2D eigenvalue weighted by Crippen LogP contribution is -2.32. The second kappa shape index (κ2) is 10.4. The second-order valence-electron chi connectivity index (χ2n) is 4.50. The van der Waals surface area contributed by atoms with E-state index in [-0.39, 0.29) is 11.7 Å². The molecule has 1 saturated heterocycles. The highest BCUT2D eigenvalue weighted by atomic mass is 32.3. The van der Waals surface area contributed by atoms with Crippen LogP contribution < -0.4 is 5.32 Å². The van der Waals surface area contributed by atoms with Crippen molar-refractivity contribution in [3.63, 3.8) is 0 Å². The molecule has 0 amide bonds. The highest BCUT2D eigenvalue weighted by Gasteiger charge is 2.22. The van der Waals surface area contributed by atoms with E-state index in [1.807, 2.05) is 12.1 Å². The van der Waals surface area contributed by atoms with E-state index in [1.54, 1.807) is 12.3 Å². The van der Waals surface area contributed by atoms with Crippen molar-refractivity contribution in [2.45, 2.75) is 12.8 Å². The Morgan fingerprint density at radius 2 is 1.46 bits per heavy atom. The summed E-state index contributed by atoms with van der Waals surface area (Å²) in [5, 5.41) is 3.25. The molecule has 13 heteroatoms. The van der Waals surface area contributed by atoms with E-state index in [0.29, 0.717) is 5.69 Å². The number of rotatable bonds is 2. The highest BCUT2D eigenvalue weighted by molar-refractivity contribution is 7.80. The number of ketones is 1. The molecular weight excluding hydrogens is 368 g/mol. The van der Waals surface area contributed by atoms with Crippen LogP contribution in [0.15, 0.2) is 24.4 Å². The Kier molecular flexibility index (Phi) is 9.76. The van der Waals surface area contributed by atoms with Gasteiger partial charge in [-0.2, -0.15) is 16.8 Å². The number of pyridine rings is 1. The van der Waals surface area contributed by atoms with Crippen LogP contribution in [0.2, 0.25) is 0 Å². The lowest BCUT2D eigenvalue weighted by molar-refractivity contribution is 0.0890. The van der Waals surface area contributed by atoms with Gasteiger partial charge in [0.1, 0.15) is 5.69 Å². The summed E-state index contributed by atoms with van der Waals surface area (Å²) in [7, 11) is -9.33. The Labute approximate surface area is 139 Å². The van der Waals surface area contributed by atoms with Crippen LogP contribution in [0.4, 0.5) is 0 Å². The highest BCUT2D eigenvalue weighted by Crippen LogP contribution is 2.16. The van der Waals surface area contributed by atoms with Crippen LogP contribution in [-0.4, -0.2) is 58.9 Å². The molecule has 2 rings (SSSR count). The van der Waals surface area contributed by atoms with Crippen LogP contribution in [0.25, 0.3) is 0 Å². The third kappa shape index (κ3) is 15.4. The maximum absolute atomic E-state index is 11.9. The molecule has 0 aromatic carbocycles. The van der Waals surface area contributed by atoms with Crippen molar-refractivity contribution in [1.29, 1.82) is 0 Å². The van der Waals surface area contributed by atoms with Crippen molar-refractivity contribution in [1.82, 2.24) is 10.3 Å². The summed E-state index contributed by atoms with van der Waals surface area (Å²) >= 11 is 0. The molecule has 1 aliphatic heterocycles. The van der Waals surface area contributed by atoms with Gasteiger partial charge in [-0.15, -0.1) is 0 Å². The number of nitrogens with zero attached hydrogens (tertiary/aromatic N) is 1. The Bertz CT molecular complexity index is 652. The van der Waals surface area contributed by atoms with Gasteiger partial charge in [0.25, 0.3) is 0 Å². The van der Waals surface area contributed by atoms with Crippen LogP contribution in [-0.2, 0) is 20.8 Å². The smallest absolute Gasteiger partial charge is 0.317 e. The van der Waals surface area contributed by atoms with E-state index in [4.69, 9.17) is 35.0 Å². The van der Waals surface area contributed by atoms with Crippen LogP contribution >= 0.6 is 0 Å². The lowest BCUT2D eigenvalue weighted by Gasteiger charge is -2.20. The van der Waals surface area contributed by atoms with E-state index in [1.165, 1.54) is 0 Å². The minimum absolute atomic E-state index is 0.172. The maximum Gasteiger partial charge on any atom is 0.394 e. The van der Waals surface area contributed by atoms with Crippen molar-refractivity contribution < 1.29 is 39.8 Å².